The molecule has 162 valence electrons. The van der Waals surface area contributed by atoms with Crippen LogP contribution in [-0.2, 0) is 17.8 Å². The molecule has 0 saturated heterocycles. The lowest BCUT2D eigenvalue weighted by Crippen LogP contribution is -2.22. The van der Waals surface area contributed by atoms with Crippen molar-refractivity contribution in [1.82, 2.24) is 4.90 Å². The van der Waals surface area contributed by atoms with Gasteiger partial charge in [-0.05, 0) is 49.2 Å². The minimum Gasteiger partial charge on any atom is -0.490 e. The van der Waals surface area contributed by atoms with Crippen molar-refractivity contribution in [3.8, 4) is 17.6 Å². The molecule has 31 heavy (non-hydrogen) atoms. The number of ether oxygens (including phenoxy) is 2. The lowest BCUT2D eigenvalue weighted by molar-refractivity contribution is -0.124. The molecule has 0 saturated carbocycles. The fraction of sp³-hybridized carbons (Fsp3) is 0.250. The predicted molar refractivity (Wildman–Crippen MR) is 125 cm³/mol. The van der Waals surface area contributed by atoms with E-state index in [4.69, 9.17) is 32.7 Å². The van der Waals surface area contributed by atoms with Crippen molar-refractivity contribution in [2.75, 3.05) is 20.7 Å². The van der Waals surface area contributed by atoms with Gasteiger partial charge < -0.3 is 14.4 Å². The Bertz CT molecular complexity index is 1040. The monoisotopic (exact) mass is 458 g/mol. The Morgan fingerprint density at radius 2 is 1.94 bits per heavy atom. The Balaban J connectivity index is 2.48. The number of rotatable bonds is 9. The Morgan fingerprint density at radius 3 is 2.52 bits per heavy atom. The van der Waals surface area contributed by atoms with Gasteiger partial charge in [-0.15, -0.1) is 6.58 Å². The third-order valence-corrected chi connectivity index (χ3v) is 4.86. The minimum absolute atomic E-state index is 0.0265. The van der Waals surface area contributed by atoms with E-state index in [2.05, 4.69) is 6.58 Å². The molecule has 0 atom stereocenters. The molecule has 5 nitrogen and oxygen atoms in total. The number of hydrogen-bond donors (Lipinski definition) is 0. The molecule has 2 aromatic carbocycles. The molecular formula is C24H24Cl2N2O3. The summed E-state index contributed by atoms with van der Waals surface area (Å²) in [7, 11) is 3.20. The summed E-state index contributed by atoms with van der Waals surface area (Å²) in [4.78, 5) is 13.6. The normalized spacial score (nSPS) is 10.9. The third kappa shape index (κ3) is 6.52. The number of carbonyl (C=O) groups excluding carboxylic acids is 1. The molecule has 1 amide bonds. The maximum atomic E-state index is 12.2. The molecule has 0 bridgehead atoms. The molecule has 0 aliphatic rings. The Hall–Kier alpha value is -2.94. The van der Waals surface area contributed by atoms with Crippen molar-refractivity contribution in [1.29, 1.82) is 5.26 Å². The van der Waals surface area contributed by atoms with Crippen LogP contribution in [0.5, 0.6) is 11.5 Å². The van der Waals surface area contributed by atoms with E-state index < -0.39 is 0 Å². The van der Waals surface area contributed by atoms with Gasteiger partial charge in [0.15, 0.2) is 11.5 Å². The first-order chi connectivity index (χ1) is 14.8. The molecule has 2 aromatic rings. The van der Waals surface area contributed by atoms with E-state index in [1.165, 1.54) is 11.0 Å². The first-order valence-electron chi connectivity index (χ1n) is 9.61. The van der Waals surface area contributed by atoms with E-state index in [0.29, 0.717) is 40.1 Å². The molecule has 0 aliphatic heterocycles. The van der Waals surface area contributed by atoms with Crippen molar-refractivity contribution in [2.24, 2.45) is 0 Å². The van der Waals surface area contributed by atoms with Gasteiger partial charge in [0.2, 0.25) is 0 Å². The maximum Gasteiger partial charge on any atom is 0.264 e. The summed E-state index contributed by atoms with van der Waals surface area (Å²) in [5, 5.41) is 10.5. The third-order valence-electron chi connectivity index (χ3n) is 4.27. The number of carbonyl (C=O) groups is 1. The highest BCUT2D eigenvalue weighted by molar-refractivity contribution is 6.35. The summed E-state index contributed by atoms with van der Waals surface area (Å²) >= 11 is 12.2. The summed E-state index contributed by atoms with van der Waals surface area (Å²) in [6, 6.07) is 10.8. The number of nitriles is 1. The zero-order valence-corrected chi connectivity index (χ0v) is 19.3. The highest BCUT2D eigenvalue weighted by atomic mass is 35.5. The van der Waals surface area contributed by atoms with Crippen LogP contribution in [0.3, 0.4) is 0 Å². The number of allylic oxidation sites excluding steroid dienone is 1. The van der Waals surface area contributed by atoms with Crippen molar-refractivity contribution >= 4 is 35.2 Å². The number of nitrogens with zero attached hydrogens (tertiary/aromatic N) is 2. The van der Waals surface area contributed by atoms with Crippen LogP contribution in [0, 0.1) is 11.3 Å². The molecular weight excluding hydrogens is 435 g/mol. The zero-order valence-electron chi connectivity index (χ0n) is 17.7. The van der Waals surface area contributed by atoms with Gasteiger partial charge in [0.05, 0.1) is 6.61 Å². The van der Waals surface area contributed by atoms with Gasteiger partial charge in [-0.25, -0.2) is 0 Å². The number of hydrogen-bond acceptors (Lipinski definition) is 4. The van der Waals surface area contributed by atoms with Gasteiger partial charge in [0.25, 0.3) is 5.91 Å². The molecule has 0 fully saturated rings. The summed E-state index contributed by atoms with van der Waals surface area (Å²) in [6.45, 7) is 6.32. The molecule has 0 spiro atoms. The second kappa shape index (κ2) is 11.5. The SMILES string of the molecule is C=CCc1cc(/C=C(/C#N)C(=O)N(C)C)cc(OCC)c1OCc1ccc(Cl)cc1Cl. The van der Waals surface area contributed by atoms with Crippen LogP contribution >= 0.6 is 23.2 Å². The number of benzene rings is 2. The molecule has 0 aliphatic carbocycles. The average Bonchev–Trinajstić information content (AvgIpc) is 2.72. The van der Waals surface area contributed by atoms with Crippen LogP contribution < -0.4 is 9.47 Å². The van der Waals surface area contributed by atoms with Gasteiger partial charge in [-0.3, -0.25) is 4.79 Å². The fourth-order valence-electron chi connectivity index (χ4n) is 2.84. The van der Waals surface area contributed by atoms with Crippen LogP contribution in [0.15, 0.2) is 48.6 Å². The number of amides is 1. The molecule has 0 heterocycles. The second-order valence-electron chi connectivity index (χ2n) is 6.83. The summed E-state index contributed by atoms with van der Waals surface area (Å²) < 4.78 is 11.9. The quantitative estimate of drug-likeness (QED) is 0.274. The smallest absolute Gasteiger partial charge is 0.264 e. The summed E-state index contributed by atoms with van der Waals surface area (Å²) in [5.74, 6) is 0.693. The van der Waals surface area contributed by atoms with Crippen molar-refractivity contribution in [2.45, 2.75) is 20.0 Å². The Labute approximate surface area is 193 Å². The molecule has 7 heteroatoms. The van der Waals surface area contributed by atoms with E-state index in [-0.39, 0.29) is 18.1 Å². The van der Waals surface area contributed by atoms with Crippen LogP contribution in [0.1, 0.15) is 23.6 Å². The van der Waals surface area contributed by atoms with Crippen molar-refractivity contribution in [3.05, 3.63) is 75.3 Å². The molecule has 0 N–H and O–H groups in total. The van der Waals surface area contributed by atoms with Crippen molar-refractivity contribution in [3.63, 3.8) is 0 Å². The first-order valence-corrected chi connectivity index (χ1v) is 10.4. The van der Waals surface area contributed by atoms with E-state index in [1.54, 1.807) is 44.4 Å². The van der Waals surface area contributed by atoms with E-state index in [1.807, 2.05) is 19.1 Å². The van der Waals surface area contributed by atoms with Crippen LogP contribution in [-0.4, -0.2) is 31.5 Å². The minimum atomic E-state index is -0.372. The summed E-state index contributed by atoms with van der Waals surface area (Å²) in [6.07, 6.45) is 3.79. The second-order valence-corrected chi connectivity index (χ2v) is 7.67. The molecule has 0 radical (unpaired) electrons. The lowest BCUT2D eigenvalue weighted by Gasteiger charge is -2.17. The maximum absolute atomic E-state index is 12.2. The summed E-state index contributed by atoms with van der Waals surface area (Å²) in [5.41, 5.74) is 2.28. The average molecular weight is 459 g/mol. The van der Waals surface area contributed by atoms with Crippen molar-refractivity contribution < 1.29 is 14.3 Å². The number of halogens is 2. The van der Waals surface area contributed by atoms with Gasteiger partial charge in [0, 0.05) is 35.3 Å². The van der Waals surface area contributed by atoms with Gasteiger partial charge in [0.1, 0.15) is 18.2 Å². The fourth-order valence-corrected chi connectivity index (χ4v) is 3.30. The van der Waals surface area contributed by atoms with Gasteiger partial charge in [-0.1, -0.05) is 35.3 Å². The molecule has 0 aromatic heterocycles. The highest BCUT2D eigenvalue weighted by Crippen LogP contribution is 2.36. The highest BCUT2D eigenvalue weighted by Gasteiger charge is 2.16. The molecule has 0 unspecified atom stereocenters. The Kier molecular flexibility index (Phi) is 8.99. The van der Waals surface area contributed by atoms with Crippen LogP contribution in [0.25, 0.3) is 6.08 Å². The predicted octanol–water partition coefficient (Wildman–Crippen LogP) is 5.69. The van der Waals surface area contributed by atoms with Crippen LogP contribution in [0.4, 0.5) is 0 Å². The van der Waals surface area contributed by atoms with E-state index >= 15 is 0 Å². The van der Waals surface area contributed by atoms with Gasteiger partial charge >= 0.3 is 0 Å². The van der Waals surface area contributed by atoms with E-state index in [0.717, 1.165) is 11.1 Å². The Morgan fingerprint density at radius 1 is 1.19 bits per heavy atom. The number of likely N-dealkylation sites (N-methyl/N-ethyl adjacent to an activating group) is 1. The molecule has 2 rings (SSSR count). The lowest BCUT2D eigenvalue weighted by atomic mass is 10.0. The standard InChI is InChI=1S/C24H24Cl2N2O3/c1-5-7-17-10-16(11-19(14-27)24(29)28(3)4)12-22(30-6-2)23(17)31-15-18-8-9-20(25)13-21(18)26/h5,8-13H,1,6-7,15H2,2-4H3/b19-11-. The van der Waals surface area contributed by atoms with E-state index in [9.17, 15) is 10.1 Å². The largest absolute Gasteiger partial charge is 0.490 e. The van der Waals surface area contributed by atoms with Crippen LogP contribution in [0.2, 0.25) is 10.0 Å². The van der Waals surface area contributed by atoms with Gasteiger partial charge in [-0.2, -0.15) is 5.26 Å². The zero-order chi connectivity index (χ0) is 23.0. The first kappa shape index (κ1) is 24.3. The topological polar surface area (TPSA) is 62.6 Å².